The van der Waals surface area contributed by atoms with Crippen molar-refractivity contribution in [3.05, 3.63) is 35.6 Å². The van der Waals surface area contributed by atoms with Crippen molar-refractivity contribution >= 4 is 0 Å². The highest BCUT2D eigenvalue weighted by Gasteiger charge is 2.26. The quantitative estimate of drug-likeness (QED) is 0.828. The molecule has 1 aliphatic rings. The summed E-state index contributed by atoms with van der Waals surface area (Å²) in [6, 6.07) is 8.07. The van der Waals surface area contributed by atoms with Crippen LogP contribution < -0.4 is 5.32 Å². The molecule has 1 aromatic carbocycles. The van der Waals surface area contributed by atoms with Crippen LogP contribution in [-0.4, -0.2) is 30.6 Å². The fourth-order valence-electron chi connectivity index (χ4n) is 3.31. The summed E-state index contributed by atoms with van der Waals surface area (Å²) in [7, 11) is 2.20. The van der Waals surface area contributed by atoms with E-state index in [9.17, 15) is 4.39 Å². The maximum Gasteiger partial charge on any atom is 0.123 e. The second-order valence-electron chi connectivity index (χ2n) is 5.91. The molecule has 0 radical (unpaired) electrons. The van der Waals surface area contributed by atoms with Gasteiger partial charge in [-0.15, -0.1) is 0 Å². The van der Waals surface area contributed by atoms with Crippen molar-refractivity contribution in [1.82, 2.24) is 10.2 Å². The minimum atomic E-state index is -0.156. The molecule has 1 aliphatic carbocycles. The van der Waals surface area contributed by atoms with Crippen molar-refractivity contribution in [3.63, 3.8) is 0 Å². The van der Waals surface area contributed by atoms with E-state index in [2.05, 4.69) is 24.2 Å². The molecule has 2 rings (SSSR count). The van der Waals surface area contributed by atoms with Gasteiger partial charge in [-0.25, -0.2) is 4.39 Å². The SMILES string of the molecule is CCNC1CCCCCC1N(C)Cc1ccc(F)cc1. The zero-order valence-electron chi connectivity index (χ0n) is 12.7. The molecule has 2 atom stereocenters. The number of halogens is 1. The zero-order chi connectivity index (χ0) is 14.4. The first kappa shape index (κ1) is 15.5. The van der Waals surface area contributed by atoms with E-state index in [1.165, 1.54) is 37.7 Å². The molecule has 0 spiro atoms. The van der Waals surface area contributed by atoms with E-state index >= 15 is 0 Å². The highest BCUT2D eigenvalue weighted by molar-refractivity contribution is 5.16. The maximum atomic E-state index is 13.0. The normalized spacial score (nSPS) is 23.8. The first-order chi connectivity index (χ1) is 9.70. The van der Waals surface area contributed by atoms with Crippen LogP contribution in [0.5, 0.6) is 0 Å². The summed E-state index contributed by atoms with van der Waals surface area (Å²) in [6.07, 6.45) is 6.53. The summed E-state index contributed by atoms with van der Waals surface area (Å²) < 4.78 is 13.0. The lowest BCUT2D eigenvalue weighted by Gasteiger charge is -2.34. The summed E-state index contributed by atoms with van der Waals surface area (Å²) in [4.78, 5) is 2.44. The van der Waals surface area contributed by atoms with Crippen molar-refractivity contribution in [1.29, 1.82) is 0 Å². The number of rotatable bonds is 5. The van der Waals surface area contributed by atoms with E-state index in [0.717, 1.165) is 13.1 Å². The monoisotopic (exact) mass is 278 g/mol. The topological polar surface area (TPSA) is 15.3 Å². The molecular weight excluding hydrogens is 251 g/mol. The predicted octanol–water partition coefficient (Wildman–Crippen LogP) is 3.57. The van der Waals surface area contributed by atoms with Crippen LogP contribution in [-0.2, 0) is 6.54 Å². The Hall–Kier alpha value is -0.930. The van der Waals surface area contributed by atoms with Crippen molar-refractivity contribution < 1.29 is 4.39 Å². The number of hydrogen-bond donors (Lipinski definition) is 1. The fourth-order valence-corrected chi connectivity index (χ4v) is 3.31. The van der Waals surface area contributed by atoms with Crippen LogP contribution in [0.25, 0.3) is 0 Å². The summed E-state index contributed by atoms with van der Waals surface area (Å²) in [5.74, 6) is -0.156. The molecule has 0 aliphatic heterocycles. The predicted molar refractivity (Wildman–Crippen MR) is 82.2 cm³/mol. The Labute approximate surface area is 122 Å². The van der Waals surface area contributed by atoms with Gasteiger partial charge in [0, 0.05) is 18.6 Å². The molecule has 1 aromatic rings. The van der Waals surface area contributed by atoms with E-state index < -0.39 is 0 Å². The number of likely N-dealkylation sites (N-methyl/N-ethyl adjacent to an activating group) is 2. The Morgan fingerprint density at radius 1 is 1.15 bits per heavy atom. The highest BCUT2D eigenvalue weighted by atomic mass is 19.1. The molecule has 0 aromatic heterocycles. The number of hydrogen-bond acceptors (Lipinski definition) is 2. The van der Waals surface area contributed by atoms with E-state index in [1.807, 2.05) is 12.1 Å². The standard InChI is InChI=1S/C17H27FN2/c1-3-19-16-7-5-4-6-8-17(16)20(2)13-14-9-11-15(18)12-10-14/h9-12,16-17,19H,3-8,13H2,1-2H3. The Morgan fingerprint density at radius 2 is 1.85 bits per heavy atom. The number of benzene rings is 1. The lowest BCUT2D eigenvalue weighted by atomic mass is 10.0. The molecule has 1 saturated carbocycles. The average molecular weight is 278 g/mol. The third-order valence-electron chi connectivity index (χ3n) is 4.36. The molecule has 0 bridgehead atoms. The molecule has 0 heterocycles. The van der Waals surface area contributed by atoms with Crippen LogP contribution in [0.15, 0.2) is 24.3 Å². The van der Waals surface area contributed by atoms with Gasteiger partial charge in [-0.2, -0.15) is 0 Å². The Balaban J connectivity index is 2.00. The molecule has 112 valence electrons. The van der Waals surface area contributed by atoms with E-state index in [4.69, 9.17) is 0 Å². The molecular formula is C17H27FN2. The lowest BCUT2D eigenvalue weighted by Crippen LogP contribution is -2.47. The van der Waals surface area contributed by atoms with Crippen molar-refractivity contribution in [2.24, 2.45) is 0 Å². The number of nitrogens with one attached hydrogen (secondary N) is 1. The molecule has 3 heteroatoms. The summed E-state index contributed by atoms with van der Waals surface area (Å²) in [6.45, 7) is 4.11. The average Bonchev–Trinajstić information content (AvgIpc) is 2.67. The summed E-state index contributed by atoms with van der Waals surface area (Å²) >= 11 is 0. The minimum absolute atomic E-state index is 0.156. The van der Waals surface area contributed by atoms with Gasteiger partial charge in [0.2, 0.25) is 0 Å². The van der Waals surface area contributed by atoms with Gasteiger partial charge in [0.1, 0.15) is 5.82 Å². The largest absolute Gasteiger partial charge is 0.313 e. The van der Waals surface area contributed by atoms with Gasteiger partial charge in [0.25, 0.3) is 0 Å². The Bertz CT molecular complexity index is 390. The summed E-state index contributed by atoms with van der Waals surface area (Å²) in [5, 5.41) is 3.65. The van der Waals surface area contributed by atoms with E-state index in [1.54, 1.807) is 12.1 Å². The first-order valence-corrected chi connectivity index (χ1v) is 7.88. The van der Waals surface area contributed by atoms with Gasteiger partial charge in [0.15, 0.2) is 0 Å². The Kier molecular flexibility index (Phi) is 5.99. The second kappa shape index (κ2) is 7.75. The molecule has 20 heavy (non-hydrogen) atoms. The van der Waals surface area contributed by atoms with Crippen molar-refractivity contribution in [2.45, 2.75) is 57.7 Å². The van der Waals surface area contributed by atoms with E-state index in [-0.39, 0.29) is 5.82 Å². The highest BCUT2D eigenvalue weighted by Crippen LogP contribution is 2.23. The van der Waals surface area contributed by atoms with Crippen molar-refractivity contribution in [2.75, 3.05) is 13.6 Å². The molecule has 2 unspecified atom stereocenters. The first-order valence-electron chi connectivity index (χ1n) is 7.88. The Morgan fingerprint density at radius 3 is 2.55 bits per heavy atom. The minimum Gasteiger partial charge on any atom is -0.313 e. The molecule has 1 fully saturated rings. The van der Waals surface area contributed by atoms with Gasteiger partial charge in [0.05, 0.1) is 0 Å². The molecule has 0 amide bonds. The van der Waals surface area contributed by atoms with Crippen LogP contribution in [0.2, 0.25) is 0 Å². The van der Waals surface area contributed by atoms with Crippen LogP contribution in [0.3, 0.4) is 0 Å². The molecule has 1 N–H and O–H groups in total. The van der Waals surface area contributed by atoms with Gasteiger partial charge >= 0.3 is 0 Å². The van der Waals surface area contributed by atoms with Gasteiger partial charge < -0.3 is 5.32 Å². The van der Waals surface area contributed by atoms with Gasteiger partial charge in [-0.3, -0.25) is 4.90 Å². The smallest absolute Gasteiger partial charge is 0.123 e. The second-order valence-corrected chi connectivity index (χ2v) is 5.91. The van der Waals surface area contributed by atoms with Gasteiger partial charge in [-0.1, -0.05) is 38.3 Å². The van der Waals surface area contributed by atoms with Crippen LogP contribution in [0, 0.1) is 5.82 Å². The maximum absolute atomic E-state index is 13.0. The van der Waals surface area contributed by atoms with E-state index in [0.29, 0.717) is 12.1 Å². The summed E-state index contributed by atoms with van der Waals surface area (Å²) in [5.41, 5.74) is 1.19. The molecule has 2 nitrogen and oxygen atoms in total. The van der Waals surface area contributed by atoms with Crippen LogP contribution in [0.1, 0.15) is 44.6 Å². The molecule has 0 saturated heterocycles. The fraction of sp³-hybridized carbons (Fsp3) is 0.647. The third-order valence-corrected chi connectivity index (χ3v) is 4.36. The third kappa shape index (κ3) is 4.29. The van der Waals surface area contributed by atoms with Crippen molar-refractivity contribution in [3.8, 4) is 0 Å². The van der Waals surface area contributed by atoms with Crippen LogP contribution >= 0.6 is 0 Å². The van der Waals surface area contributed by atoms with Gasteiger partial charge in [-0.05, 0) is 44.1 Å². The lowest BCUT2D eigenvalue weighted by molar-refractivity contribution is 0.175. The zero-order valence-corrected chi connectivity index (χ0v) is 12.7. The number of nitrogens with zero attached hydrogens (tertiary/aromatic N) is 1. The van der Waals surface area contributed by atoms with Crippen LogP contribution in [0.4, 0.5) is 4.39 Å².